The first kappa shape index (κ1) is 33.2. The molecule has 4 nitrogen and oxygen atoms in total. The molecule has 9 rings (SSSR count). The van der Waals surface area contributed by atoms with Gasteiger partial charge in [0.05, 0.1) is 13.4 Å². The summed E-state index contributed by atoms with van der Waals surface area (Å²) < 4.78 is 9.79. The highest BCUT2D eigenvalue weighted by molar-refractivity contribution is 5.50. The summed E-state index contributed by atoms with van der Waals surface area (Å²) in [4.78, 5) is 10.3. The van der Waals surface area contributed by atoms with Crippen LogP contribution in [0.15, 0.2) is 47.3 Å². The van der Waals surface area contributed by atoms with E-state index in [0.29, 0.717) is 22.7 Å². The summed E-state index contributed by atoms with van der Waals surface area (Å²) in [5.74, 6) is 5.15. The van der Waals surface area contributed by atoms with Crippen molar-refractivity contribution in [2.75, 3.05) is 14.2 Å². The van der Waals surface area contributed by atoms with Gasteiger partial charge in [0.2, 0.25) is 0 Å². The van der Waals surface area contributed by atoms with Crippen LogP contribution in [0.2, 0.25) is 0 Å². The number of aliphatic hydroxyl groups excluding tert-OH is 1. The third-order valence-corrected chi connectivity index (χ3v) is 12.8. The van der Waals surface area contributed by atoms with E-state index in [1.807, 2.05) is 0 Å². The first-order valence-corrected chi connectivity index (χ1v) is 16.8. The van der Waals surface area contributed by atoms with Crippen LogP contribution in [0.1, 0.15) is 112 Å². The van der Waals surface area contributed by atoms with E-state index >= 15 is 0 Å². The molecule has 0 amide bonds. The molecule has 9 aliphatic rings. The van der Waals surface area contributed by atoms with Crippen molar-refractivity contribution in [2.24, 2.45) is 51.8 Å². The van der Waals surface area contributed by atoms with Gasteiger partial charge < -0.3 is 19.4 Å². The molecule has 0 aliphatic heterocycles. The van der Waals surface area contributed by atoms with E-state index in [1.165, 1.54) is 38.5 Å². The van der Waals surface area contributed by atoms with Crippen molar-refractivity contribution in [3.05, 3.63) is 47.3 Å². The molecule has 7 unspecified atom stereocenters. The lowest BCUT2D eigenvalue weighted by Crippen LogP contribution is -2.48. The van der Waals surface area contributed by atoms with Gasteiger partial charge in [0.25, 0.3) is 0 Å². The highest BCUT2D eigenvalue weighted by Crippen LogP contribution is 2.61. The Balaban J connectivity index is 0.000000145. The minimum atomic E-state index is -0.591. The number of aliphatic hydroxyl groups is 1. The molecule has 7 atom stereocenters. The predicted octanol–water partition coefficient (Wildman–Crippen LogP) is 9.21. The fourth-order valence-corrected chi connectivity index (χ4v) is 9.14. The van der Waals surface area contributed by atoms with Crippen molar-refractivity contribution in [3.63, 3.8) is 0 Å². The monoisotopic (exact) mass is 580 g/mol. The van der Waals surface area contributed by atoms with Crippen LogP contribution in [-0.2, 0) is 14.3 Å². The molecule has 0 aromatic heterocycles. The Morgan fingerprint density at radius 2 is 1.24 bits per heavy atom. The van der Waals surface area contributed by atoms with Crippen LogP contribution in [0.3, 0.4) is 0 Å². The smallest absolute Gasteiger partial charge is 0.154 e. The maximum absolute atomic E-state index is 10.3. The second kappa shape index (κ2) is 13.6. The summed E-state index contributed by atoms with van der Waals surface area (Å²) in [6.07, 6.45) is 24.0. The summed E-state index contributed by atoms with van der Waals surface area (Å²) in [6.45, 7) is 14.3. The lowest BCUT2D eigenvalue weighted by atomic mass is 9.48. The van der Waals surface area contributed by atoms with Crippen molar-refractivity contribution in [3.8, 4) is 0 Å². The molecule has 0 aromatic carbocycles. The molecule has 3 saturated carbocycles. The van der Waals surface area contributed by atoms with Gasteiger partial charge in [-0.15, -0.1) is 0 Å². The van der Waals surface area contributed by atoms with Gasteiger partial charge in [-0.25, -0.2) is 0 Å². The van der Waals surface area contributed by atoms with Crippen molar-refractivity contribution in [1.29, 1.82) is 0 Å². The highest BCUT2D eigenvalue weighted by atomic mass is 16.6. The van der Waals surface area contributed by atoms with Gasteiger partial charge in [-0.05, 0) is 116 Å². The van der Waals surface area contributed by atoms with Crippen LogP contribution < -0.4 is 0 Å². The molecule has 6 bridgehead atoms. The SMILES string of the molecule is CC1(C)C2CC=C(CCC=O)C1C2.CO/C=C/CC1=CCC2CC1C2(C)C.COC(O)CCC1=CCC2CC1C2(C)C. The first-order valence-electron chi connectivity index (χ1n) is 16.8. The minimum Gasteiger partial charge on any atom is -0.505 e. The highest BCUT2D eigenvalue weighted by Gasteiger charge is 2.52. The van der Waals surface area contributed by atoms with Crippen LogP contribution in [-0.4, -0.2) is 31.9 Å². The number of hydrogen-bond donors (Lipinski definition) is 1. The second-order valence-corrected chi connectivity index (χ2v) is 15.7. The molecule has 4 heteroatoms. The lowest BCUT2D eigenvalue weighted by molar-refractivity contribution is -0.108. The molecule has 1 N–H and O–H groups in total. The van der Waals surface area contributed by atoms with Crippen LogP contribution in [0.5, 0.6) is 0 Å². The fraction of sp³-hybridized carbons (Fsp3) is 0.763. The number of fused-ring (bicyclic) bond motifs is 3. The van der Waals surface area contributed by atoms with Crippen LogP contribution in [0, 0.1) is 51.8 Å². The Morgan fingerprint density at radius 3 is 1.64 bits per heavy atom. The Hall–Kier alpha value is -1.65. The van der Waals surface area contributed by atoms with Gasteiger partial charge in [-0.3, -0.25) is 0 Å². The molecule has 42 heavy (non-hydrogen) atoms. The van der Waals surface area contributed by atoms with Gasteiger partial charge in [-0.2, -0.15) is 0 Å². The number of ether oxygens (including phenoxy) is 2. The number of rotatable bonds is 10. The number of carbonyl (C=O) groups excluding carboxylic acids is 1. The van der Waals surface area contributed by atoms with Gasteiger partial charge in [-0.1, -0.05) is 76.5 Å². The molecule has 3 fully saturated rings. The summed E-state index contributed by atoms with van der Waals surface area (Å²) in [5.41, 5.74) is 6.32. The van der Waals surface area contributed by atoms with Crippen LogP contribution in [0.4, 0.5) is 0 Å². The van der Waals surface area contributed by atoms with Crippen LogP contribution in [0.25, 0.3) is 0 Å². The zero-order valence-electron chi connectivity index (χ0n) is 28.0. The number of methoxy groups -OCH3 is 2. The largest absolute Gasteiger partial charge is 0.505 e. The topological polar surface area (TPSA) is 55.8 Å². The van der Waals surface area contributed by atoms with Crippen molar-refractivity contribution >= 4 is 6.29 Å². The van der Waals surface area contributed by atoms with Gasteiger partial charge >= 0.3 is 0 Å². The number of allylic oxidation sites excluding steroid dienone is 7. The van der Waals surface area contributed by atoms with Gasteiger partial charge in [0.15, 0.2) is 6.29 Å². The van der Waals surface area contributed by atoms with Crippen molar-refractivity contribution in [1.82, 2.24) is 0 Å². The summed E-state index contributed by atoms with van der Waals surface area (Å²) in [7, 11) is 3.26. The lowest BCUT2D eigenvalue weighted by Gasteiger charge is -2.56. The normalized spacial score (nSPS) is 34.3. The third-order valence-electron chi connectivity index (χ3n) is 12.8. The summed E-state index contributed by atoms with van der Waals surface area (Å²) in [6, 6.07) is 0. The standard InChI is InChI=1S/C13H22O2.C13H20O.C12H18O/c1-13(2)10-6-4-9(11(13)8-10)5-7-12(14)15-3;1-13(2)11-7-6-10(12(13)9-11)5-4-8-14-3;1-12(2)10-6-5-9(4-3-7-13)11(12)8-10/h4,10-12,14H,5-8H2,1-3H3;4,6,8,11-12H,5,7,9H2,1-3H3;5,7,10-11H,3-4,6,8H2,1-2H3/b;8-4+;. The van der Waals surface area contributed by atoms with E-state index in [2.05, 4.69) is 65.8 Å². The van der Waals surface area contributed by atoms with E-state index in [-0.39, 0.29) is 0 Å². The molecular weight excluding hydrogens is 520 g/mol. The average molecular weight is 581 g/mol. The van der Waals surface area contributed by atoms with E-state index in [1.54, 1.807) is 37.2 Å². The predicted molar refractivity (Wildman–Crippen MR) is 173 cm³/mol. The Labute approximate surface area is 257 Å². The van der Waals surface area contributed by atoms with E-state index < -0.39 is 6.29 Å². The van der Waals surface area contributed by atoms with Crippen molar-refractivity contribution < 1.29 is 19.4 Å². The van der Waals surface area contributed by atoms with Gasteiger partial charge in [0, 0.05) is 20.0 Å². The second-order valence-electron chi connectivity index (χ2n) is 15.7. The molecule has 9 aliphatic carbocycles. The van der Waals surface area contributed by atoms with Crippen molar-refractivity contribution in [2.45, 2.75) is 118 Å². The molecular formula is C38H60O4. The maximum Gasteiger partial charge on any atom is 0.154 e. The number of carbonyl (C=O) groups is 1. The Bertz CT molecular complexity index is 1060. The first-order chi connectivity index (χ1) is 19.9. The maximum atomic E-state index is 10.3. The minimum absolute atomic E-state index is 0.502. The molecule has 0 aromatic rings. The average Bonchev–Trinajstić information content (AvgIpc) is 2.99. The molecule has 0 radical (unpaired) electrons. The Morgan fingerprint density at radius 1 is 0.786 bits per heavy atom. The van der Waals surface area contributed by atoms with E-state index in [4.69, 9.17) is 9.47 Å². The van der Waals surface area contributed by atoms with E-state index in [0.717, 1.165) is 67.5 Å². The molecule has 0 heterocycles. The number of hydrogen-bond acceptors (Lipinski definition) is 4. The molecule has 0 spiro atoms. The quantitative estimate of drug-likeness (QED) is 0.121. The zero-order chi connectivity index (χ0) is 30.7. The van der Waals surface area contributed by atoms with E-state index in [9.17, 15) is 9.90 Å². The summed E-state index contributed by atoms with van der Waals surface area (Å²) >= 11 is 0. The summed E-state index contributed by atoms with van der Waals surface area (Å²) in [5, 5.41) is 9.37. The third kappa shape index (κ3) is 6.70. The number of aldehydes is 1. The van der Waals surface area contributed by atoms with Crippen LogP contribution >= 0.6 is 0 Å². The fourth-order valence-electron chi connectivity index (χ4n) is 9.14. The molecule has 236 valence electrons. The van der Waals surface area contributed by atoms with Gasteiger partial charge in [0.1, 0.15) is 6.29 Å². The zero-order valence-corrected chi connectivity index (χ0v) is 28.0. The molecule has 0 saturated heterocycles. The Kier molecular flexibility index (Phi) is 10.7.